The third-order valence-electron chi connectivity index (χ3n) is 2.91. The number of rotatable bonds is 5. The molecule has 1 amide bonds. The van der Waals surface area contributed by atoms with Gasteiger partial charge < -0.3 is 4.90 Å². The Morgan fingerprint density at radius 3 is 2.07 bits per heavy atom. The molecular formula is C12H22N2O. The third kappa shape index (κ3) is 3.54. The van der Waals surface area contributed by atoms with Crippen molar-refractivity contribution in [1.29, 1.82) is 5.26 Å². The van der Waals surface area contributed by atoms with Crippen molar-refractivity contribution in [3.05, 3.63) is 0 Å². The van der Waals surface area contributed by atoms with E-state index >= 15 is 0 Å². The van der Waals surface area contributed by atoms with Gasteiger partial charge in [0.05, 0.1) is 6.07 Å². The second-order valence-electron chi connectivity index (χ2n) is 4.27. The molecule has 1 unspecified atom stereocenters. The maximum absolute atomic E-state index is 12.0. The SMILES string of the molecule is CCC(CC)N(C)C(=O)C(C#N)C(C)C. The predicted octanol–water partition coefficient (Wildman–Crippen LogP) is 2.43. The van der Waals surface area contributed by atoms with E-state index in [2.05, 4.69) is 19.9 Å². The van der Waals surface area contributed by atoms with E-state index in [0.717, 1.165) is 12.8 Å². The second-order valence-corrected chi connectivity index (χ2v) is 4.27. The number of nitrogens with zero attached hydrogens (tertiary/aromatic N) is 2. The summed E-state index contributed by atoms with van der Waals surface area (Å²) in [6, 6.07) is 2.35. The highest BCUT2D eigenvalue weighted by Crippen LogP contribution is 2.16. The van der Waals surface area contributed by atoms with Gasteiger partial charge in [0, 0.05) is 13.1 Å². The smallest absolute Gasteiger partial charge is 0.240 e. The normalized spacial score (nSPS) is 12.7. The van der Waals surface area contributed by atoms with Crippen LogP contribution in [0.15, 0.2) is 0 Å². The molecule has 86 valence electrons. The van der Waals surface area contributed by atoms with Gasteiger partial charge in [-0.3, -0.25) is 4.79 Å². The van der Waals surface area contributed by atoms with Crippen molar-refractivity contribution in [2.75, 3.05) is 7.05 Å². The van der Waals surface area contributed by atoms with Gasteiger partial charge >= 0.3 is 0 Å². The summed E-state index contributed by atoms with van der Waals surface area (Å²) in [6.07, 6.45) is 1.88. The first-order valence-electron chi connectivity index (χ1n) is 5.65. The zero-order chi connectivity index (χ0) is 12.0. The Labute approximate surface area is 93.1 Å². The Morgan fingerprint density at radius 2 is 1.80 bits per heavy atom. The number of nitriles is 1. The number of hydrogen-bond acceptors (Lipinski definition) is 2. The van der Waals surface area contributed by atoms with Crippen molar-refractivity contribution in [2.24, 2.45) is 11.8 Å². The van der Waals surface area contributed by atoms with Gasteiger partial charge in [0.15, 0.2) is 0 Å². The minimum Gasteiger partial charge on any atom is -0.342 e. The molecule has 0 N–H and O–H groups in total. The zero-order valence-electron chi connectivity index (χ0n) is 10.4. The number of carbonyl (C=O) groups excluding carboxylic acids is 1. The van der Waals surface area contributed by atoms with E-state index in [1.54, 1.807) is 11.9 Å². The first-order valence-corrected chi connectivity index (χ1v) is 5.65. The molecule has 0 rings (SSSR count). The maximum atomic E-state index is 12.0. The summed E-state index contributed by atoms with van der Waals surface area (Å²) in [5.41, 5.74) is 0. The fourth-order valence-corrected chi connectivity index (χ4v) is 1.73. The van der Waals surface area contributed by atoms with Crippen LogP contribution in [0.3, 0.4) is 0 Å². The molecule has 0 fully saturated rings. The maximum Gasteiger partial charge on any atom is 0.240 e. The molecule has 0 aromatic heterocycles. The molecule has 0 aromatic rings. The summed E-state index contributed by atoms with van der Waals surface area (Å²) in [5.74, 6) is -0.462. The molecule has 0 heterocycles. The van der Waals surface area contributed by atoms with E-state index in [9.17, 15) is 4.79 Å². The highest BCUT2D eigenvalue weighted by atomic mass is 16.2. The van der Waals surface area contributed by atoms with Crippen LogP contribution in [0.25, 0.3) is 0 Å². The highest BCUT2D eigenvalue weighted by Gasteiger charge is 2.27. The average molecular weight is 210 g/mol. The summed E-state index contributed by atoms with van der Waals surface area (Å²) in [4.78, 5) is 13.7. The van der Waals surface area contributed by atoms with Crippen LogP contribution in [0.1, 0.15) is 40.5 Å². The molecule has 0 aromatic carbocycles. The highest BCUT2D eigenvalue weighted by molar-refractivity contribution is 5.81. The van der Waals surface area contributed by atoms with Gasteiger partial charge in [-0.1, -0.05) is 27.7 Å². The minimum atomic E-state index is -0.504. The molecule has 0 spiro atoms. The van der Waals surface area contributed by atoms with Crippen LogP contribution in [0.2, 0.25) is 0 Å². The van der Waals surface area contributed by atoms with Gasteiger partial charge in [0.1, 0.15) is 5.92 Å². The molecule has 0 saturated carbocycles. The first-order chi connectivity index (χ1) is 6.99. The van der Waals surface area contributed by atoms with Crippen molar-refractivity contribution >= 4 is 5.91 Å². The molecule has 15 heavy (non-hydrogen) atoms. The molecule has 3 heteroatoms. The lowest BCUT2D eigenvalue weighted by molar-refractivity contribution is -0.135. The van der Waals surface area contributed by atoms with Gasteiger partial charge in [-0.15, -0.1) is 0 Å². The van der Waals surface area contributed by atoms with Crippen LogP contribution in [-0.4, -0.2) is 23.9 Å². The zero-order valence-corrected chi connectivity index (χ0v) is 10.4. The van der Waals surface area contributed by atoms with Crippen LogP contribution in [0.4, 0.5) is 0 Å². The summed E-state index contributed by atoms with van der Waals surface area (Å²) < 4.78 is 0. The molecule has 0 aliphatic carbocycles. The lowest BCUT2D eigenvalue weighted by atomic mass is 9.95. The molecule has 0 saturated heterocycles. The monoisotopic (exact) mass is 210 g/mol. The van der Waals surface area contributed by atoms with Gasteiger partial charge in [-0.25, -0.2) is 0 Å². The number of carbonyl (C=O) groups is 1. The molecule has 1 atom stereocenters. The molecule has 3 nitrogen and oxygen atoms in total. The second kappa shape index (κ2) is 6.44. The van der Waals surface area contributed by atoms with Crippen molar-refractivity contribution in [2.45, 2.75) is 46.6 Å². The Kier molecular flexibility index (Phi) is 6.00. The Balaban J connectivity index is 4.62. The summed E-state index contributed by atoms with van der Waals surface area (Å²) >= 11 is 0. The van der Waals surface area contributed by atoms with Crippen molar-refractivity contribution in [3.63, 3.8) is 0 Å². The molecule has 0 aliphatic heterocycles. The Morgan fingerprint density at radius 1 is 1.33 bits per heavy atom. The number of hydrogen-bond donors (Lipinski definition) is 0. The molecule has 0 aliphatic rings. The van der Waals surface area contributed by atoms with Crippen LogP contribution in [0, 0.1) is 23.2 Å². The van der Waals surface area contributed by atoms with Gasteiger partial charge in [0.2, 0.25) is 5.91 Å². The van der Waals surface area contributed by atoms with E-state index in [1.807, 2.05) is 13.8 Å². The van der Waals surface area contributed by atoms with Gasteiger partial charge in [-0.2, -0.15) is 5.26 Å². The van der Waals surface area contributed by atoms with E-state index < -0.39 is 5.92 Å². The lowest BCUT2D eigenvalue weighted by Crippen LogP contribution is -2.41. The Bertz CT molecular complexity index is 238. The summed E-state index contributed by atoms with van der Waals surface area (Å²) in [6.45, 7) is 7.95. The van der Waals surface area contributed by atoms with Crippen molar-refractivity contribution in [3.8, 4) is 6.07 Å². The van der Waals surface area contributed by atoms with E-state index in [-0.39, 0.29) is 17.9 Å². The molecular weight excluding hydrogens is 188 g/mol. The first kappa shape index (κ1) is 14.0. The number of amides is 1. The Hall–Kier alpha value is -1.04. The lowest BCUT2D eigenvalue weighted by Gasteiger charge is -2.29. The van der Waals surface area contributed by atoms with Gasteiger partial charge in [0.25, 0.3) is 0 Å². The van der Waals surface area contributed by atoms with Crippen molar-refractivity contribution in [1.82, 2.24) is 4.90 Å². The van der Waals surface area contributed by atoms with E-state index in [0.29, 0.717) is 0 Å². The summed E-state index contributed by atoms with van der Waals surface area (Å²) in [5, 5.41) is 8.95. The van der Waals surface area contributed by atoms with Crippen LogP contribution in [0.5, 0.6) is 0 Å². The van der Waals surface area contributed by atoms with Crippen LogP contribution in [-0.2, 0) is 4.79 Å². The van der Waals surface area contributed by atoms with Gasteiger partial charge in [-0.05, 0) is 18.8 Å². The standard InChI is InChI=1S/C12H22N2O/c1-6-10(7-2)14(5)12(15)11(8-13)9(3)4/h9-11H,6-7H2,1-5H3. The van der Waals surface area contributed by atoms with E-state index in [1.165, 1.54) is 0 Å². The topological polar surface area (TPSA) is 44.1 Å². The minimum absolute atomic E-state index is 0.0406. The molecule has 0 bridgehead atoms. The quantitative estimate of drug-likeness (QED) is 0.699. The average Bonchev–Trinajstić information content (AvgIpc) is 2.19. The van der Waals surface area contributed by atoms with Crippen LogP contribution < -0.4 is 0 Å². The summed E-state index contributed by atoms with van der Waals surface area (Å²) in [7, 11) is 1.80. The van der Waals surface area contributed by atoms with Crippen LogP contribution >= 0.6 is 0 Å². The largest absolute Gasteiger partial charge is 0.342 e. The van der Waals surface area contributed by atoms with Crippen molar-refractivity contribution < 1.29 is 4.79 Å². The third-order valence-corrected chi connectivity index (χ3v) is 2.91. The fraction of sp³-hybridized carbons (Fsp3) is 0.833. The van der Waals surface area contributed by atoms with E-state index in [4.69, 9.17) is 5.26 Å². The molecule has 0 radical (unpaired) electrons. The fourth-order valence-electron chi connectivity index (χ4n) is 1.73. The predicted molar refractivity (Wildman–Crippen MR) is 61.1 cm³/mol.